The summed E-state index contributed by atoms with van der Waals surface area (Å²) in [6, 6.07) is 7.57. The zero-order valence-electron chi connectivity index (χ0n) is 17.0. The highest BCUT2D eigenvalue weighted by atomic mass is 16.5. The van der Waals surface area contributed by atoms with Crippen molar-refractivity contribution in [1.82, 2.24) is 15.6 Å². The molecule has 1 heterocycles. The molecule has 8 heteroatoms. The fourth-order valence-corrected chi connectivity index (χ4v) is 2.56. The number of guanidine groups is 1. The van der Waals surface area contributed by atoms with E-state index in [2.05, 4.69) is 20.6 Å². The Morgan fingerprint density at radius 1 is 0.929 bits per heavy atom. The van der Waals surface area contributed by atoms with Gasteiger partial charge in [0.25, 0.3) is 0 Å². The van der Waals surface area contributed by atoms with Gasteiger partial charge in [-0.15, -0.1) is 0 Å². The van der Waals surface area contributed by atoms with Crippen molar-refractivity contribution in [2.75, 3.05) is 35.0 Å². The molecule has 0 spiro atoms. The smallest absolute Gasteiger partial charge is 0.212 e. The van der Waals surface area contributed by atoms with E-state index in [1.807, 2.05) is 31.2 Å². The molecule has 0 saturated carbocycles. The topological polar surface area (TPSA) is 86.2 Å². The molecule has 0 aliphatic rings. The van der Waals surface area contributed by atoms with E-state index in [4.69, 9.17) is 18.9 Å². The Morgan fingerprint density at radius 3 is 2.14 bits per heavy atom. The number of ether oxygens (including phenoxy) is 4. The van der Waals surface area contributed by atoms with Crippen molar-refractivity contribution in [1.29, 1.82) is 0 Å². The highest BCUT2D eigenvalue weighted by molar-refractivity contribution is 5.79. The normalized spacial score (nSPS) is 11.0. The van der Waals surface area contributed by atoms with Crippen LogP contribution < -0.4 is 29.6 Å². The monoisotopic (exact) mass is 388 g/mol. The predicted octanol–water partition coefficient (Wildman–Crippen LogP) is 2.37. The van der Waals surface area contributed by atoms with Crippen LogP contribution in [0.5, 0.6) is 23.1 Å². The van der Waals surface area contributed by atoms with Gasteiger partial charge in [-0.25, -0.2) is 9.98 Å². The molecule has 2 N–H and O–H groups in total. The molecule has 152 valence electrons. The number of pyridine rings is 1. The lowest BCUT2D eigenvalue weighted by Crippen LogP contribution is -2.36. The molecule has 8 nitrogen and oxygen atoms in total. The Hall–Kier alpha value is -3.16. The summed E-state index contributed by atoms with van der Waals surface area (Å²) < 4.78 is 21.2. The summed E-state index contributed by atoms with van der Waals surface area (Å²) in [6.45, 7) is 3.82. The third-order valence-corrected chi connectivity index (χ3v) is 3.96. The van der Waals surface area contributed by atoms with E-state index in [1.54, 1.807) is 34.6 Å². The zero-order valence-corrected chi connectivity index (χ0v) is 17.0. The van der Waals surface area contributed by atoms with Crippen molar-refractivity contribution in [3.8, 4) is 23.1 Å². The maximum absolute atomic E-state index is 5.40. The number of methoxy groups -OCH3 is 4. The second-order valence-corrected chi connectivity index (χ2v) is 5.79. The first-order valence-corrected chi connectivity index (χ1v) is 8.95. The number of rotatable bonds is 9. The molecule has 1 aromatic carbocycles. The fraction of sp³-hybridized carbons (Fsp3) is 0.400. The van der Waals surface area contributed by atoms with Crippen LogP contribution in [0.3, 0.4) is 0 Å². The Balaban J connectivity index is 2.10. The number of nitrogens with one attached hydrogen (secondary N) is 2. The average Bonchev–Trinajstić information content (AvgIpc) is 2.75. The molecule has 28 heavy (non-hydrogen) atoms. The minimum Gasteiger partial charge on any atom is -0.493 e. The molecule has 2 aromatic rings. The lowest BCUT2D eigenvalue weighted by atomic mass is 10.2. The molecule has 0 aliphatic carbocycles. The predicted molar refractivity (Wildman–Crippen MR) is 109 cm³/mol. The van der Waals surface area contributed by atoms with Crippen LogP contribution in [-0.2, 0) is 13.1 Å². The first kappa shape index (κ1) is 21.1. The van der Waals surface area contributed by atoms with Gasteiger partial charge >= 0.3 is 0 Å². The Bertz CT molecular complexity index is 753. The Morgan fingerprint density at radius 2 is 1.64 bits per heavy atom. The van der Waals surface area contributed by atoms with Crippen LogP contribution >= 0.6 is 0 Å². The number of aromatic nitrogens is 1. The highest BCUT2D eigenvalue weighted by Crippen LogP contribution is 2.38. The van der Waals surface area contributed by atoms with E-state index in [-0.39, 0.29) is 0 Å². The zero-order chi connectivity index (χ0) is 20.4. The van der Waals surface area contributed by atoms with Crippen molar-refractivity contribution in [3.63, 3.8) is 0 Å². The highest BCUT2D eigenvalue weighted by Gasteiger charge is 2.13. The molecule has 2 rings (SSSR count). The van der Waals surface area contributed by atoms with Gasteiger partial charge in [0.15, 0.2) is 17.5 Å². The summed E-state index contributed by atoms with van der Waals surface area (Å²) in [6.07, 6.45) is 1.77. The van der Waals surface area contributed by atoms with Crippen LogP contribution in [0.25, 0.3) is 0 Å². The summed E-state index contributed by atoms with van der Waals surface area (Å²) in [4.78, 5) is 8.84. The second-order valence-electron chi connectivity index (χ2n) is 5.79. The van der Waals surface area contributed by atoms with E-state index in [0.717, 1.165) is 17.7 Å². The van der Waals surface area contributed by atoms with Crippen LogP contribution in [0.1, 0.15) is 18.1 Å². The molecule has 0 saturated heterocycles. The van der Waals surface area contributed by atoms with Gasteiger partial charge in [-0.2, -0.15) is 0 Å². The van der Waals surface area contributed by atoms with E-state index >= 15 is 0 Å². The Kier molecular flexibility index (Phi) is 8.20. The van der Waals surface area contributed by atoms with Gasteiger partial charge in [-0.3, -0.25) is 0 Å². The van der Waals surface area contributed by atoms with E-state index in [0.29, 0.717) is 42.2 Å². The maximum atomic E-state index is 5.40. The van der Waals surface area contributed by atoms with Crippen molar-refractivity contribution in [3.05, 3.63) is 41.6 Å². The Labute approximate surface area is 165 Å². The molecule has 1 aromatic heterocycles. The number of aliphatic imine (C=N–C) groups is 1. The number of hydrogen-bond donors (Lipinski definition) is 2. The van der Waals surface area contributed by atoms with Gasteiger partial charge in [-0.1, -0.05) is 6.07 Å². The molecule has 0 aliphatic heterocycles. The van der Waals surface area contributed by atoms with Crippen molar-refractivity contribution in [2.45, 2.75) is 20.0 Å². The SMILES string of the molecule is CCNC(=NCc1cc(OC)c(OC)c(OC)c1)NCc1ccc(OC)nc1. The minimum atomic E-state index is 0.451. The van der Waals surface area contributed by atoms with Crippen molar-refractivity contribution >= 4 is 5.96 Å². The molecule has 0 atom stereocenters. The van der Waals surface area contributed by atoms with Gasteiger partial charge in [0.05, 0.1) is 35.0 Å². The van der Waals surface area contributed by atoms with Crippen LogP contribution in [0.4, 0.5) is 0 Å². The summed E-state index contributed by atoms with van der Waals surface area (Å²) in [5.41, 5.74) is 1.97. The first-order valence-electron chi connectivity index (χ1n) is 8.95. The number of benzene rings is 1. The standard InChI is InChI=1S/C20H28N4O4/c1-6-21-20(23-12-14-7-8-18(27-4)22-11-14)24-13-15-9-16(25-2)19(28-5)17(10-15)26-3/h7-11H,6,12-13H2,1-5H3,(H2,21,23,24). The van der Waals surface area contributed by atoms with Crippen LogP contribution in [-0.4, -0.2) is 45.9 Å². The molecule has 0 radical (unpaired) electrons. The number of hydrogen-bond acceptors (Lipinski definition) is 6. The second kappa shape index (κ2) is 10.9. The van der Waals surface area contributed by atoms with Gasteiger partial charge in [0, 0.05) is 25.4 Å². The minimum absolute atomic E-state index is 0.451. The molecular weight excluding hydrogens is 360 g/mol. The van der Waals surface area contributed by atoms with E-state index < -0.39 is 0 Å². The van der Waals surface area contributed by atoms with E-state index in [9.17, 15) is 0 Å². The molecule has 0 unspecified atom stereocenters. The fourth-order valence-electron chi connectivity index (χ4n) is 2.56. The largest absolute Gasteiger partial charge is 0.493 e. The van der Waals surface area contributed by atoms with Crippen LogP contribution in [0.15, 0.2) is 35.5 Å². The number of nitrogens with zero attached hydrogens (tertiary/aromatic N) is 2. The summed E-state index contributed by atoms with van der Waals surface area (Å²) in [5, 5.41) is 6.53. The van der Waals surface area contributed by atoms with Gasteiger partial charge in [-0.05, 0) is 30.2 Å². The third kappa shape index (κ3) is 5.67. The third-order valence-electron chi connectivity index (χ3n) is 3.96. The molecule has 0 bridgehead atoms. The lowest BCUT2D eigenvalue weighted by molar-refractivity contribution is 0.324. The van der Waals surface area contributed by atoms with Crippen molar-refractivity contribution in [2.24, 2.45) is 4.99 Å². The first-order chi connectivity index (χ1) is 13.6. The van der Waals surface area contributed by atoms with Gasteiger partial charge < -0.3 is 29.6 Å². The maximum Gasteiger partial charge on any atom is 0.212 e. The molecular formula is C20H28N4O4. The molecule has 0 fully saturated rings. The summed E-state index contributed by atoms with van der Waals surface area (Å²) in [7, 11) is 6.37. The van der Waals surface area contributed by atoms with Gasteiger partial charge in [0.1, 0.15) is 0 Å². The van der Waals surface area contributed by atoms with Crippen molar-refractivity contribution < 1.29 is 18.9 Å². The van der Waals surface area contributed by atoms with Crippen LogP contribution in [0.2, 0.25) is 0 Å². The average molecular weight is 388 g/mol. The summed E-state index contributed by atoms with van der Waals surface area (Å²) >= 11 is 0. The molecule has 0 amide bonds. The van der Waals surface area contributed by atoms with Gasteiger partial charge in [0.2, 0.25) is 11.6 Å². The van der Waals surface area contributed by atoms with Crippen LogP contribution in [0, 0.1) is 0 Å². The van der Waals surface area contributed by atoms with E-state index in [1.165, 1.54) is 0 Å². The quantitative estimate of drug-likeness (QED) is 0.504. The lowest BCUT2D eigenvalue weighted by Gasteiger charge is -2.14. The summed E-state index contributed by atoms with van der Waals surface area (Å²) in [5.74, 6) is 3.07.